The third kappa shape index (κ3) is 4.51. The first-order valence-corrected chi connectivity index (χ1v) is 8.51. The highest BCUT2D eigenvalue weighted by Crippen LogP contribution is 2.34. The minimum absolute atomic E-state index is 0.0194. The lowest BCUT2D eigenvalue weighted by molar-refractivity contribution is -0.117. The quantitative estimate of drug-likeness (QED) is 0.744. The van der Waals surface area contributed by atoms with Crippen LogP contribution in [0.15, 0.2) is 16.6 Å². The Bertz CT molecular complexity index is 516. The molecule has 5 heteroatoms. The Morgan fingerprint density at radius 3 is 2.27 bits per heavy atom. The monoisotopic (exact) mass is 373 g/mol. The standard InChI is InChI=1S/C17H22BrF2NO/c1-10-7-14(18)8-11(2)16(10)21-15(22)9-12-3-5-13(6-4-12)17(19)20/h7-8,12-13,17H,3-6,9H2,1-2H3,(H,21,22). The van der Waals surface area contributed by atoms with Gasteiger partial charge in [0.2, 0.25) is 12.3 Å². The molecule has 1 aromatic carbocycles. The molecule has 1 aliphatic carbocycles. The molecule has 1 fully saturated rings. The zero-order chi connectivity index (χ0) is 16.3. The molecule has 122 valence electrons. The first kappa shape index (κ1) is 17.4. The number of rotatable bonds is 4. The number of nitrogens with one attached hydrogen (secondary N) is 1. The number of carbonyl (C=O) groups is 1. The molecule has 2 nitrogen and oxygen atoms in total. The molecule has 0 aromatic heterocycles. The normalized spacial score (nSPS) is 21.9. The number of benzene rings is 1. The molecule has 0 aliphatic heterocycles. The van der Waals surface area contributed by atoms with Crippen LogP contribution in [0, 0.1) is 25.7 Å². The van der Waals surface area contributed by atoms with Gasteiger partial charge in [-0.3, -0.25) is 4.79 Å². The number of carbonyl (C=O) groups excluding carboxylic acids is 1. The molecule has 1 amide bonds. The molecule has 22 heavy (non-hydrogen) atoms. The number of aryl methyl sites for hydroxylation is 2. The molecule has 0 saturated heterocycles. The number of alkyl halides is 2. The van der Waals surface area contributed by atoms with Gasteiger partial charge in [-0.1, -0.05) is 15.9 Å². The number of halogens is 3. The van der Waals surface area contributed by atoms with E-state index >= 15 is 0 Å². The molecule has 0 unspecified atom stereocenters. The lowest BCUT2D eigenvalue weighted by Crippen LogP contribution is -2.24. The highest BCUT2D eigenvalue weighted by atomic mass is 79.9. The predicted octanol–water partition coefficient (Wildman–Crippen LogP) is 5.47. The third-order valence-corrected chi connectivity index (χ3v) is 4.94. The van der Waals surface area contributed by atoms with Crippen molar-refractivity contribution in [3.05, 3.63) is 27.7 Å². The van der Waals surface area contributed by atoms with E-state index in [-0.39, 0.29) is 11.8 Å². The van der Waals surface area contributed by atoms with Crippen LogP contribution in [0.25, 0.3) is 0 Å². The molecular formula is C17H22BrF2NO. The van der Waals surface area contributed by atoms with Crippen molar-refractivity contribution in [2.45, 2.75) is 52.4 Å². The van der Waals surface area contributed by atoms with Crippen molar-refractivity contribution in [3.63, 3.8) is 0 Å². The van der Waals surface area contributed by atoms with Gasteiger partial charge in [0.05, 0.1) is 0 Å². The van der Waals surface area contributed by atoms with Crippen molar-refractivity contribution in [3.8, 4) is 0 Å². The number of amides is 1. The molecule has 0 heterocycles. The summed E-state index contributed by atoms with van der Waals surface area (Å²) in [6, 6.07) is 3.94. The minimum Gasteiger partial charge on any atom is -0.326 e. The molecule has 1 aromatic rings. The van der Waals surface area contributed by atoms with Crippen LogP contribution in [0.3, 0.4) is 0 Å². The molecule has 1 saturated carbocycles. The van der Waals surface area contributed by atoms with Crippen LogP contribution >= 0.6 is 15.9 Å². The van der Waals surface area contributed by atoms with Gasteiger partial charge >= 0.3 is 0 Å². The molecular weight excluding hydrogens is 352 g/mol. The smallest absolute Gasteiger partial charge is 0.241 e. The fourth-order valence-electron chi connectivity index (χ4n) is 3.20. The Morgan fingerprint density at radius 1 is 1.23 bits per heavy atom. The maximum Gasteiger partial charge on any atom is 0.241 e. The van der Waals surface area contributed by atoms with Crippen LogP contribution in [-0.4, -0.2) is 12.3 Å². The Labute approximate surface area is 138 Å². The molecule has 0 bridgehead atoms. The van der Waals surface area contributed by atoms with Crippen molar-refractivity contribution >= 4 is 27.5 Å². The molecule has 0 spiro atoms. The Morgan fingerprint density at radius 2 is 1.77 bits per heavy atom. The largest absolute Gasteiger partial charge is 0.326 e. The summed E-state index contributed by atoms with van der Waals surface area (Å²) >= 11 is 3.44. The fraction of sp³-hybridized carbons (Fsp3) is 0.588. The van der Waals surface area contributed by atoms with Gasteiger partial charge in [-0.15, -0.1) is 0 Å². The van der Waals surface area contributed by atoms with E-state index in [2.05, 4.69) is 21.2 Å². The van der Waals surface area contributed by atoms with Crippen molar-refractivity contribution in [1.29, 1.82) is 0 Å². The second-order valence-corrected chi connectivity index (χ2v) is 7.20. The molecule has 0 radical (unpaired) electrons. The van der Waals surface area contributed by atoms with Crippen LogP contribution in [0.2, 0.25) is 0 Å². The molecule has 0 atom stereocenters. The van der Waals surface area contributed by atoms with Crippen LogP contribution in [0.5, 0.6) is 0 Å². The van der Waals surface area contributed by atoms with E-state index < -0.39 is 12.3 Å². The first-order chi connectivity index (χ1) is 10.4. The van der Waals surface area contributed by atoms with E-state index in [1.54, 1.807) is 0 Å². The first-order valence-electron chi connectivity index (χ1n) is 7.71. The highest BCUT2D eigenvalue weighted by molar-refractivity contribution is 9.10. The van der Waals surface area contributed by atoms with Gasteiger partial charge in [-0.05, 0) is 68.7 Å². The molecule has 1 N–H and O–H groups in total. The van der Waals surface area contributed by atoms with Crippen LogP contribution in [-0.2, 0) is 4.79 Å². The lowest BCUT2D eigenvalue weighted by atomic mass is 9.80. The summed E-state index contributed by atoms with van der Waals surface area (Å²) in [4.78, 5) is 12.2. The maximum atomic E-state index is 12.6. The highest BCUT2D eigenvalue weighted by Gasteiger charge is 2.28. The van der Waals surface area contributed by atoms with Crippen molar-refractivity contribution in [2.24, 2.45) is 11.8 Å². The third-order valence-electron chi connectivity index (χ3n) is 4.48. The Hall–Kier alpha value is -0.970. The second kappa shape index (κ2) is 7.53. The second-order valence-electron chi connectivity index (χ2n) is 6.28. The van der Waals surface area contributed by atoms with Gasteiger partial charge in [-0.25, -0.2) is 8.78 Å². The van der Waals surface area contributed by atoms with E-state index in [1.165, 1.54) is 0 Å². The topological polar surface area (TPSA) is 29.1 Å². The van der Waals surface area contributed by atoms with E-state index in [0.717, 1.165) is 34.1 Å². The molecule has 2 rings (SSSR count). The van der Waals surface area contributed by atoms with Gasteiger partial charge in [0.15, 0.2) is 0 Å². The fourth-order valence-corrected chi connectivity index (χ4v) is 3.89. The predicted molar refractivity (Wildman–Crippen MR) is 88.3 cm³/mol. The van der Waals surface area contributed by atoms with Crippen molar-refractivity contribution in [1.82, 2.24) is 0 Å². The van der Waals surface area contributed by atoms with Gasteiger partial charge < -0.3 is 5.32 Å². The maximum absolute atomic E-state index is 12.6. The van der Waals surface area contributed by atoms with Gasteiger partial charge in [-0.2, -0.15) is 0 Å². The van der Waals surface area contributed by atoms with E-state index in [4.69, 9.17) is 0 Å². The summed E-state index contributed by atoms with van der Waals surface area (Å²) < 4.78 is 26.3. The summed E-state index contributed by atoms with van der Waals surface area (Å²) in [6.45, 7) is 3.92. The van der Waals surface area contributed by atoms with Crippen LogP contribution in [0.4, 0.5) is 14.5 Å². The van der Waals surface area contributed by atoms with E-state index in [1.807, 2.05) is 26.0 Å². The molecule has 1 aliphatic rings. The summed E-state index contributed by atoms with van der Waals surface area (Å²) in [5, 5.41) is 2.98. The number of anilines is 1. The van der Waals surface area contributed by atoms with Gasteiger partial charge in [0.25, 0.3) is 0 Å². The van der Waals surface area contributed by atoms with Gasteiger partial charge in [0, 0.05) is 22.5 Å². The summed E-state index contributed by atoms with van der Waals surface area (Å²) in [6.07, 6.45) is 0.715. The lowest BCUT2D eigenvalue weighted by Gasteiger charge is -2.27. The average molecular weight is 374 g/mol. The average Bonchev–Trinajstić information content (AvgIpc) is 2.43. The van der Waals surface area contributed by atoms with Crippen LogP contribution in [0.1, 0.15) is 43.2 Å². The summed E-state index contributed by atoms with van der Waals surface area (Å²) in [5.41, 5.74) is 2.89. The Balaban J connectivity index is 1.89. The summed E-state index contributed by atoms with van der Waals surface area (Å²) in [5.74, 6) is -0.268. The minimum atomic E-state index is -2.22. The number of hydrogen-bond acceptors (Lipinski definition) is 1. The van der Waals surface area contributed by atoms with Crippen molar-refractivity contribution < 1.29 is 13.6 Å². The van der Waals surface area contributed by atoms with Crippen LogP contribution < -0.4 is 5.32 Å². The van der Waals surface area contributed by atoms with Crippen molar-refractivity contribution in [2.75, 3.05) is 5.32 Å². The van der Waals surface area contributed by atoms with E-state index in [0.29, 0.717) is 19.3 Å². The summed E-state index contributed by atoms with van der Waals surface area (Å²) in [7, 11) is 0. The SMILES string of the molecule is Cc1cc(Br)cc(C)c1NC(=O)CC1CCC(C(F)F)CC1. The Kier molecular flexibility index (Phi) is 5.95. The number of hydrogen-bond donors (Lipinski definition) is 1. The zero-order valence-corrected chi connectivity index (χ0v) is 14.6. The van der Waals surface area contributed by atoms with E-state index in [9.17, 15) is 13.6 Å². The van der Waals surface area contributed by atoms with Gasteiger partial charge in [0.1, 0.15) is 0 Å². The zero-order valence-electron chi connectivity index (χ0n) is 13.0.